The Balaban J connectivity index is 1.93. The van der Waals surface area contributed by atoms with Crippen LogP contribution in [0.5, 0.6) is 0 Å². The molecule has 1 N–H and O–H groups in total. The second-order valence-electron chi connectivity index (χ2n) is 5.15. The van der Waals surface area contributed by atoms with Crippen LogP contribution in [0.4, 0.5) is 0 Å². The summed E-state index contributed by atoms with van der Waals surface area (Å²) >= 11 is 1.83. The van der Waals surface area contributed by atoms with Crippen LogP contribution in [-0.4, -0.2) is 36.1 Å². The molecular weight excluding hydrogens is 230 g/mol. The molecule has 1 saturated heterocycles. The Kier molecular flexibility index (Phi) is 4.17. The maximum Gasteiger partial charge on any atom is 0.0900 e. The van der Waals surface area contributed by atoms with Crippen molar-refractivity contribution >= 4 is 11.3 Å². The average molecular weight is 253 g/mol. The average Bonchev–Trinajstić information content (AvgIpc) is 2.61. The van der Waals surface area contributed by atoms with Gasteiger partial charge in [0.2, 0.25) is 0 Å². The molecule has 1 atom stereocenters. The van der Waals surface area contributed by atoms with Crippen LogP contribution < -0.4 is 5.32 Å². The molecule has 17 heavy (non-hydrogen) atoms. The number of hydrogen-bond donors (Lipinski definition) is 1. The molecule has 0 aliphatic carbocycles. The fourth-order valence-corrected chi connectivity index (χ4v) is 3.49. The van der Waals surface area contributed by atoms with Crippen LogP contribution in [0.25, 0.3) is 0 Å². The van der Waals surface area contributed by atoms with Gasteiger partial charge in [0, 0.05) is 17.0 Å². The number of rotatable bonds is 3. The van der Waals surface area contributed by atoms with Crippen molar-refractivity contribution < 1.29 is 0 Å². The van der Waals surface area contributed by atoms with E-state index >= 15 is 0 Å². The molecule has 0 aromatic carbocycles. The van der Waals surface area contributed by atoms with Gasteiger partial charge in [0.15, 0.2) is 0 Å². The van der Waals surface area contributed by atoms with Crippen LogP contribution in [0, 0.1) is 13.8 Å². The first-order chi connectivity index (χ1) is 8.06. The molecule has 4 heteroatoms. The largest absolute Gasteiger partial charge is 0.307 e. The Morgan fingerprint density at radius 3 is 2.53 bits per heavy atom. The van der Waals surface area contributed by atoms with Crippen LogP contribution in [0.2, 0.25) is 0 Å². The summed E-state index contributed by atoms with van der Waals surface area (Å²) in [6.45, 7) is 8.89. The van der Waals surface area contributed by atoms with E-state index in [1.807, 2.05) is 11.3 Å². The third-order valence-electron chi connectivity index (χ3n) is 3.54. The van der Waals surface area contributed by atoms with Gasteiger partial charge in [-0.05, 0) is 53.8 Å². The first kappa shape index (κ1) is 13.0. The van der Waals surface area contributed by atoms with E-state index < -0.39 is 0 Å². The van der Waals surface area contributed by atoms with E-state index in [1.165, 1.54) is 41.5 Å². The molecule has 3 nitrogen and oxygen atoms in total. The molecule has 2 heterocycles. The summed E-state index contributed by atoms with van der Waals surface area (Å²) in [5, 5.41) is 4.93. The van der Waals surface area contributed by atoms with Gasteiger partial charge in [0.25, 0.3) is 0 Å². The SMILES string of the molecule is Cc1nc(C)c(C(C)NC2CCN(C)CC2)s1. The highest BCUT2D eigenvalue weighted by atomic mass is 32.1. The maximum atomic E-state index is 4.51. The fourth-order valence-electron chi connectivity index (χ4n) is 2.55. The topological polar surface area (TPSA) is 28.2 Å². The van der Waals surface area contributed by atoms with Crippen LogP contribution in [0.15, 0.2) is 0 Å². The lowest BCUT2D eigenvalue weighted by atomic mass is 10.0. The number of thiazole rings is 1. The zero-order chi connectivity index (χ0) is 12.4. The molecule has 0 radical (unpaired) electrons. The molecule has 0 amide bonds. The zero-order valence-corrected chi connectivity index (χ0v) is 12.1. The number of likely N-dealkylation sites (tertiary alicyclic amines) is 1. The quantitative estimate of drug-likeness (QED) is 0.897. The molecule has 1 aromatic rings. The van der Waals surface area contributed by atoms with Gasteiger partial charge >= 0.3 is 0 Å². The summed E-state index contributed by atoms with van der Waals surface area (Å²) < 4.78 is 0. The second kappa shape index (κ2) is 5.46. The van der Waals surface area contributed by atoms with Crippen molar-refractivity contribution in [3.05, 3.63) is 15.6 Å². The summed E-state index contributed by atoms with van der Waals surface area (Å²) in [6.07, 6.45) is 2.52. The Morgan fingerprint density at radius 2 is 2.00 bits per heavy atom. The lowest BCUT2D eigenvalue weighted by Crippen LogP contribution is -2.41. The lowest BCUT2D eigenvalue weighted by molar-refractivity contribution is 0.227. The van der Waals surface area contributed by atoms with Crippen molar-refractivity contribution in [1.29, 1.82) is 0 Å². The molecule has 2 rings (SSSR count). The standard InChI is InChI=1S/C13H23N3S/c1-9-13(17-11(3)14-9)10(2)15-12-5-7-16(4)8-6-12/h10,12,15H,5-8H2,1-4H3. The summed E-state index contributed by atoms with van der Waals surface area (Å²) in [5.41, 5.74) is 1.19. The smallest absolute Gasteiger partial charge is 0.0900 e. The summed E-state index contributed by atoms with van der Waals surface area (Å²) in [6, 6.07) is 1.11. The highest BCUT2D eigenvalue weighted by molar-refractivity contribution is 7.11. The van der Waals surface area contributed by atoms with Gasteiger partial charge in [0.1, 0.15) is 0 Å². The van der Waals surface area contributed by atoms with E-state index in [2.05, 4.69) is 43.0 Å². The minimum atomic E-state index is 0.439. The molecule has 0 bridgehead atoms. The van der Waals surface area contributed by atoms with Gasteiger partial charge in [-0.1, -0.05) is 0 Å². The van der Waals surface area contributed by atoms with Gasteiger partial charge in [-0.2, -0.15) is 0 Å². The van der Waals surface area contributed by atoms with Crippen molar-refractivity contribution in [2.45, 2.75) is 45.7 Å². The van der Waals surface area contributed by atoms with Gasteiger partial charge in [-0.15, -0.1) is 11.3 Å². The molecule has 1 aliphatic rings. The number of aromatic nitrogens is 1. The summed E-state index contributed by atoms with van der Waals surface area (Å²) in [5.74, 6) is 0. The van der Waals surface area contributed by atoms with Crippen LogP contribution in [0.3, 0.4) is 0 Å². The minimum absolute atomic E-state index is 0.439. The van der Waals surface area contributed by atoms with E-state index in [-0.39, 0.29) is 0 Å². The normalized spacial score (nSPS) is 20.7. The van der Waals surface area contributed by atoms with Crippen molar-refractivity contribution in [3.8, 4) is 0 Å². The second-order valence-corrected chi connectivity index (χ2v) is 6.38. The number of piperidine rings is 1. The van der Waals surface area contributed by atoms with E-state index in [0.717, 1.165) is 0 Å². The Bertz CT molecular complexity index is 367. The van der Waals surface area contributed by atoms with Crippen molar-refractivity contribution in [2.24, 2.45) is 0 Å². The highest BCUT2D eigenvalue weighted by Crippen LogP contribution is 2.25. The molecule has 1 unspecified atom stereocenters. The number of hydrogen-bond acceptors (Lipinski definition) is 4. The Hall–Kier alpha value is -0.450. The third kappa shape index (κ3) is 3.27. The van der Waals surface area contributed by atoms with E-state index in [1.54, 1.807) is 0 Å². The van der Waals surface area contributed by atoms with Crippen LogP contribution in [-0.2, 0) is 0 Å². The molecule has 96 valence electrons. The van der Waals surface area contributed by atoms with Gasteiger partial charge in [-0.3, -0.25) is 0 Å². The maximum absolute atomic E-state index is 4.51. The number of aryl methyl sites for hydroxylation is 2. The van der Waals surface area contributed by atoms with Crippen molar-refractivity contribution in [2.75, 3.05) is 20.1 Å². The predicted molar refractivity (Wildman–Crippen MR) is 73.7 cm³/mol. The summed E-state index contributed by atoms with van der Waals surface area (Å²) in [4.78, 5) is 8.32. The van der Waals surface area contributed by atoms with Gasteiger partial charge in [-0.25, -0.2) is 4.98 Å². The van der Waals surface area contributed by atoms with Crippen LogP contribution >= 0.6 is 11.3 Å². The lowest BCUT2D eigenvalue weighted by Gasteiger charge is -2.31. The molecule has 1 fully saturated rings. The third-order valence-corrected chi connectivity index (χ3v) is 4.79. The fraction of sp³-hybridized carbons (Fsp3) is 0.769. The van der Waals surface area contributed by atoms with Gasteiger partial charge in [0.05, 0.1) is 10.7 Å². The Morgan fingerprint density at radius 1 is 1.35 bits per heavy atom. The van der Waals surface area contributed by atoms with Crippen LogP contribution in [0.1, 0.15) is 41.4 Å². The van der Waals surface area contributed by atoms with E-state index in [0.29, 0.717) is 12.1 Å². The van der Waals surface area contributed by atoms with E-state index in [9.17, 15) is 0 Å². The molecule has 1 aliphatic heterocycles. The zero-order valence-electron chi connectivity index (χ0n) is 11.3. The highest BCUT2D eigenvalue weighted by Gasteiger charge is 2.20. The minimum Gasteiger partial charge on any atom is -0.307 e. The van der Waals surface area contributed by atoms with Gasteiger partial charge < -0.3 is 10.2 Å². The first-order valence-electron chi connectivity index (χ1n) is 6.45. The monoisotopic (exact) mass is 253 g/mol. The number of nitrogens with zero attached hydrogens (tertiary/aromatic N) is 2. The summed E-state index contributed by atoms with van der Waals surface area (Å²) in [7, 11) is 2.20. The first-order valence-corrected chi connectivity index (χ1v) is 7.26. The molecule has 0 saturated carbocycles. The Labute approximate surface area is 108 Å². The molecule has 1 aromatic heterocycles. The molecular formula is C13H23N3S. The molecule has 0 spiro atoms. The predicted octanol–water partition coefficient (Wildman–Crippen LogP) is 2.50. The van der Waals surface area contributed by atoms with Crippen molar-refractivity contribution in [3.63, 3.8) is 0 Å². The van der Waals surface area contributed by atoms with Crippen molar-refractivity contribution in [1.82, 2.24) is 15.2 Å². The number of nitrogens with one attached hydrogen (secondary N) is 1. The van der Waals surface area contributed by atoms with E-state index in [4.69, 9.17) is 0 Å².